The highest BCUT2D eigenvalue weighted by Gasteiger charge is 2.31. The van der Waals surface area contributed by atoms with Crippen LogP contribution in [0.25, 0.3) is 0 Å². The molecule has 0 saturated heterocycles. The molecule has 2 rings (SSSR count). The molecular weight excluding hydrogens is 592 g/mol. The Labute approximate surface area is 269 Å². The minimum atomic E-state index is -1.27. The van der Waals surface area contributed by atoms with Gasteiger partial charge in [-0.25, -0.2) is 4.79 Å². The lowest BCUT2D eigenvalue weighted by Crippen LogP contribution is -2.58. The summed E-state index contributed by atoms with van der Waals surface area (Å²) in [5, 5.41) is 27.9. The fourth-order valence-electron chi connectivity index (χ4n) is 4.99. The third-order valence-electron chi connectivity index (χ3n) is 7.50. The number of aromatic hydroxyl groups is 1. The first-order valence-electron chi connectivity index (χ1n) is 15.3. The Bertz CT molecular complexity index is 1330. The van der Waals surface area contributed by atoms with Crippen molar-refractivity contribution in [3.63, 3.8) is 0 Å². The number of rotatable bonds is 19. The maximum absolute atomic E-state index is 13.7. The van der Waals surface area contributed by atoms with Crippen LogP contribution in [0.3, 0.4) is 0 Å². The predicted molar refractivity (Wildman–Crippen MR) is 176 cm³/mol. The summed E-state index contributed by atoms with van der Waals surface area (Å²) in [6, 6.07) is 7.47. The van der Waals surface area contributed by atoms with Crippen molar-refractivity contribution >= 4 is 29.7 Å². The zero-order valence-corrected chi connectivity index (χ0v) is 26.5. The van der Waals surface area contributed by atoms with Crippen molar-refractivity contribution in [1.82, 2.24) is 16.0 Å². The zero-order valence-electron chi connectivity index (χ0n) is 26.5. The SMILES string of the molecule is Cc1cc(O)cc(C)c1C[C@H](NC(=O)[C@H](CCCCN)NC(=O)[C@@H](N)CCCN=C(N)N)C(=O)N[C@@H](Cc1ccccc1)C(=O)O. The summed E-state index contributed by atoms with van der Waals surface area (Å²) >= 11 is 0. The van der Waals surface area contributed by atoms with Gasteiger partial charge in [0.25, 0.3) is 0 Å². The first kappa shape index (κ1) is 37.5. The number of phenols is 1. The average Bonchev–Trinajstić information content (AvgIpc) is 2.99. The lowest BCUT2D eigenvalue weighted by atomic mass is 9.94. The third-order valence-corrected chi connectivity index (χ3v) is 7.50. The van der Waals surface area contributed by atoms with Crippen molar-refractivity contribution in [3.05, 3.63) is 64.7 Å². The van der Waals surface area contributed by atoms with Crippen LogP contribution in [-0.2, 0) is 32.0 Å². The molecule has 2 aromatic carbocycles. The number of carbonyl (C=O) groups is 4. The van der Waals surface area contributed by atoms with Crippen molar-refractivity contribution in [3.8, 4) is 5.75 Å². The number of aryl methyl sites for hydroxylation is 2. The fraction of sp³-hybridized carbons (Fsp3) is 0.469. The van der Waals surface area contributed by atoms with Gasteiger partial charge in [0.1, 0.15) is 23.9 Å². The Balaban J connectivity index is 2.31. The normalized spacial score (nSPS) is 13.5. The van der Waals surface area contributed by atoms with Crippen molar-refractivity contribution in [2.45, 2.75) is 83.0 Å². The van der Waals surface area contributed by atoms with E-state index >= 15 is 0 Å². The van der Waals surface area contributed by atoms with Crippen molar-refractivity contribution in [2.24, 2.45) is 27.9 Å². The molecule has 0 aliphatic rings. The van der Waals surface area contributed by atoms with E-state index in [9.17, 15) is 29.4 Å². The van der Waals surface area contributed by atoms with Crippen molar-refractivity contribution in [1.29, 1.82) is 0 Å². The number of phenolic OH excluding ortho intramolecular Hbond substituents is 1. The van der Waals surface area contributed by atoms with E-state index in [4.69, 9.17) is 22.9 Å². The number of nitrogens with two attached hydrogens (primary N) is 4. The van der Waals surface area contributed by atoms with E-state index in [1.807, 2.05) is 0 Å². The van der Waals surface area contributed by atoms with Gasteiger partial charge in [0.15, 0.2) is 5.96 Å². The van der Waals surface area contributed by atoms with Gasteiger partial charge in [-0.1, -0.05) is 30.3 Å². The largest absolute Gasteiger partial charge is 0.508 e. The molecule has 0 aromatic heterocycles. The van der Waals surface area contributed by atoms with Crippen LogP contribution in [0.15, 0.2) is 47.5 Å². The first-order valence-corrected chi connectivity index (χ1v) is 15.3. The van der Waals surface area contributed by atoms with Crippen molar-refractivity contribution in [2.75, 3.05) is 13.1 Å². The number of aliphatic carboxylic acids is 1. The Morgan fingerprint density at radius 1 is 0.804 bits per heavy atom. The summed E-state index contributed by atoms with van der Waals surface area (Å²) in [5.41, 5.74) is 25.1. The van der Waals surface area contributed by atoms with Crippen LogP contribution in [0.4, 0.5) is 0 Å². The predicted octanol–water partition coefficient (Wildman–Crippen LogP) is -0.157. The molecule has 14 heteroatoms. The van der Waals surface area contributed by atoms with E-state index in [2.05, 4.69) is 20.9 Å². The second kappa shape index (κ2) is 19.0. The molecule has 13 N–H and O–H groups in total. The molecule has 0 bridgehead atoms. The third kappa shape index (κ3) is 12.7. The molecule has 0 saturated carbocycles. The number of hydrogen-bond acceptors (Lipinski definition) is 8. The maximum Gasteiger partial charge on any atom is 0.326 e. The van der Waals surface area contributed by atoms with Gasteiger partial charge in [-0.05, 0) is 86.9 Å². The van der Waals surface area contributed by atoms with Crippen LogP contribution in [0, 0.1) is 13.8 Å². The number of nitrogens with one attached hydrogen (secondary N) is 3. The first-order chi connectivity index (χ1) is 21.8. The Morgan fingerprint density at radius 3 is 1.98 bits per heavy atom. The molecule has 0 spiro atoms. The second-order valence-corrected chi connectivity index (χ2v) is 11.3. The summed E-state index contributed by atoms with van der Waals surface area (Å²) < 4.78 is 0. The number of carboxylic acid groups (broad SMARTS) is 1. The van der Waals surface area contributed by atoms with Crippen LogP contribution in [-0.4, -0.2) is 77.1 Å². The summed E-state index contributed by atoms with van der Waals surface area (Å²) in [5.74, 6) is -3.16. The van der Waals surface area contributed by atoms with Gasteiger partial charge >= 0.3 is 5.97 Å². The van der Waals surface area contributed by atoms with E-state index in [0.29, 0.717) is 48.1 Å². The van der Waals surface area contributed by atoms with E-state index in [1.165, 1.54) is 0 Å². The highest BCUT2D eigenvalue weighted by Crippen LogP contribution is 2.22. The molecule has 3 amide bonds. The molecule has 14 nitrogen and oxygen atoms in total. The van der Waals surface area contributed by atoms with Crippen LogP contribution >= 0.6 is 0 Å². The summed E-state index contributed by atoms with van der Waals surface area (Å²) in [4.78, 5) is 56.3. The van der Waals surface area contributed by atoms with Gasteiger partial charge in [-0.15, -0.1) is 0 Å². The molecule has 4 atom stereocenters. The van der Waals surface area contributed by atoms with Gasteiger partial charge in [0.2, 0.25) is 17.7 Å². The van der Waals surface area contributed by atoms with Crippen LogP contribution in [0.1, 0.15) is 54.4 Å². The average molecular weight is 641 g/mol. The number of carboxylic acids is 1. The molecule has 0 radical (unpaired) electrons. The minimum absolute atomic E-state index is 0.000960. The topological polar surface area (TPSA) is 261 Å². The Hall–Kier alpha value is -4.69. The number of benzene rings is 2. The quantitative estimate of drug-likeness (QED) is 0.0557. The lowest BCUT2D eigenvalue weighted by Gasteiger charge is -2.26. The molecule has 0 heterocycles. The maximum atomic E-state index is 13.7. The standard InChI is InChI=1S/C32H48N8O6/c1-19-15-22(41)16-20(2)23(19)18-26(30(44)40-27(31(45)46)17-21-9-4-3-5-10-21)39-29(43)25(12-6-7-13-33)38-28(42)24(34)11-8-14-37-32(35)36/h3-5,9-10,15-16,24-27,41H,6-8,11-14,17-18,33-34H2,1-2H3,(H,38,42)(H,39,43)(H,40,44)(H,45,46)(H4,35,36,37)/t24-,25-,26-,27-/m0/s1. The second-order valence-electron chi connectivity index (χ2n) is 11.3. The molecule has 0 aliphatic heterocycles. The number of guanidine groups is 1. The van der Waals surface area contributed by atoms with Crippen LogP contribution in [0.2, 0.25) is 0 Å². The number of unbranched alkanes of at least 4 members (excludes halogenated alkanes) is 1. The molecule has 0 unspecified atom stereocenters. The lowest BCUT2D eigenvalue weighted by molar-refractivity contribution is -0.142. The van der Waals surface area contributed by atoms with E-state index in [-0.39, 0.29) is 43.9 Å². The molecule has 46 heavy (non-hydrogen) atoms. The number of aliphatic imine (C=N–C) groups is 1. The number of hydrogen-bond donors (Lipinski definition) is 9. The van der Waals surface area contributed by atoms with E-state index in [0.717, 1.165) is 0 Å². The molecule has 252 valence electrons. The Kier molecular flexibility index (Phi) is 15.5. The number of nitrogens with zero attached hydrogens (tertiary/aromatic N) is 1. The molecular formula is C32H48N8O6. The molecule has 0 aliphatic carbocycles. The highest BCUT2D eigenvalue weighted by molar-refractivity contribution is 5.94. The van der Waals surface area contributed by atoms with Gasteiger partial charge in [0, 0.05) is 19.4 Å². The molecule has 0 fully saturated rings. The van der Waals surface area contributed by atoms with E-state index < -0.39 is 47.9 Å². The van der Waals surface area contributed by atoms with Crippen LogP contribution in [0.5, 0.6) is 5.75 Å². The zero-order chi connectivity index (χ0) is 34.2. The van der Waals surface area contributed by atoms with Crippen LogP contribution < -0.4 is 38.9 Å². The summed E-state index contributed by atoms with van der Waals surface area (Å²) in [7, 11) is 0. The summed E-state index contributed by atoms with van der Waals surface area (Å²) in [6.45, 7) is 4.20. The number of carbonyl (C=O) groups excluding carboxylic acids is 3. The monoisotopic (exact) mass is 640 g/mol. The smallest absolute Gasteiger partial charge is 0.326 e. The van der Waals surface area contributed by atoms with Gasteiger partial charge in [-0.2, -0.15) is 0 Å². The van der Waals surface area contributed by atoms with Gasteiger partial charge in [0.05, 0.1) is 6.04 Å². The van der Waals surface area contributed by atoms with Gasteiger partial charge < -0.3 is 49.1 Å². The molecule has 2 aromatic rings. The van der Waals surface area contributed by atoms with E-state index in [1.54, 1.807) is 56.3 Å². The highest BCUT2D eigenvalue weighted by atomic mass is 16.4. The summed E-state index contributed by atoms with van der Waals surface area (Å²) in [6.07, 6.45) is 2.08. The minimum Gasteiger partial charge on any atom is -0.508 e. The Morgan fingerprint density at radius 2 is 1.39 bits per heavy atom. The fourth-order valence-corrected chi connectivity index (χ4v) is 4.99. The van der Waals surface area contributed by atoms with Gasteiger partial charge in [-0.3, -0.25) is 19.4 Å². The number of amides is 3. The van der Waals surface area contributed by atoms with Crippen molar-refractivity contribution < 1.29 is 29.4 Å².